The number of hydrogen-bond acceptors (Lipinski definition) is 4. The molecule has 2 unspecified atom stereocenters. The van der Waals surface area contributed by atoms with E-state index in [1.165, 1.54) is 0 Å². The molecule has 2 rings (SSSR count). The molecule has 2 aliphatic rings. The van der Waals surface area contributed by atoms with Gasteiger partial charge in [-0.05, 0) is 25.3 Å². The van der Waals surface area contributed by atoms with Crippen molar-refractivity contribution in [3.05, 3.63) is 48.2 Å². The molecule has 4 nitrogen and oxygen atoms in total. The van der Waals surface area contributed by atoms with Gasteiger partial charge >= 0.3 is 0 Å². The van der Waals surface area contributed by atoms with Crippen LogP contribution >= 0.6 is 0 Å². The standard InChI is InChI=1S/C16H20FN3O/c1-11-10-21-7-5-15(11)20-16(14(17)9-18-3)13-4-6-19-12(2)8-13/h4,6,8-9,11,15,19H,2-3,5,7,10H2,1H3/b14-9+,20-16-. The highest BCUT2D eigenvalue weighted by atomic mass is 19.1. The topological polar surface area (TPSA) is 46.0 Å². The minimum Gasteiger partial charge on any atom is -0.381 e. The second-order valence-corrected chi connectivity index (χ2v) is 5.15. The van der Waals surface area contributed by atoms with Crippen molar-refractivity contribution >= 4 is 12.4 Å². The lowest BCUT2D eigenvalue weighted by atomic mass is 9.97. The minimum atomic E-state index is -0.491. The number of halogens is 1. The smallest absolute Gasteiger partial charge is 0.167 e. The maximum Gasteiger partial charge on any atom is 0.167 e. The third kappa shape index (κ3) is 3.98. The minimum absolute atomic E-state index is 0.0372. The van der Waals surface area contributed by atoms with E-state index in [-0.39, 0.29) is 12.0 Å². The van der Waals surface area contributed by atoms with E-state index >= 15 is 0 Å². The van der Waals surface area contributed by atoms with Crippen LogP contribution in [0, 0.1) is 5.92 Å². The van der Waals surface area contributed by atoms with E-state index in [2.05, 4.69) is 35.5 Å². The molecule has 0 aliphatic carbocycles. The molecule has 21 heavy (non-hydrogen) atoms. The van der Waals surface area contributed by atoms with Crippen LogP contribution in [0.5, 0.6) is 0 Å². The van der Waals surface area contributed by atoms with Gasteiger partial charge in [0.2, 0.25) is 0 Å². The molecule has 5 heteroatoms. The van der Waals surface area contributed by atoms with Crippen LogP contribution in [0.4, 0.5) is 4.39 Å². The third-order valence-electron chi connectivity index (χ3n) is 3.46. The van der Waals surface area contributed by atoms with E-state index in [1.54, 1.807) is 18.4 Å². The Morgan fingerprint density at radius 3 is 3.05 bits per heavy atom. The number of allylic oxidation sites excluding steroid dienone is 4. The van der Waals surface area contributed by atoms with Crippen molar-refractivity contribution in [2.45, 2.75) is 19.4 Å². The molecule has 112 valence electrons. The molecule has 2 aliphatic heterocycles. The average Bonchev–Trinajstić information content (AvgIpc) is 2.46. The molecule has 0 aromatic rings. The molecule has 1 fully saturated rings. The van der Waals surface area contributed by atoms with Crippen molar-refractivity contribution in [3.63, 3.8) is 0 Å². The summed E-state index contributed by atoms with van der Waals surface area (Å²) < 4.78 is 19.7. The van der Waals surface area contributed by atoms with Crippen molar-refractivity contribution in [1.29, 1.82) is 0 Å². The van der Waals surface area contributed by atoms with Crippen LogP contribution < -0.4 is 5.32 Å². The first-order chi connectivity index (χ1) is 10.1. The van der Waals surface area contributed by atoms with Gasteiger partial charge in [0.15, 0.2) is 5.83 Å². The van der Waals surface area contributed by atoms with Gasteiger partial charge in [0.1, 0.15) is 5.71 Å². The molecule has 0 saturated carbocycles. The van der Waals surface area contributed by atoms with E-state index in [4.69, 9.17) is 4.74 Å². The van der Waals surface area contributed by atoms with Gasteiger partial charge in [-0.3, -0.25) is 9.98 Å². The number of nitrogens with zero attached hydrogens (tertiary/aromatic N) is 2. The van der Waals surface area contributed by atoms with Crippen molar-refractivity contribution < 1.29 is 9.13 Å². The fraction of sp³-hybridized carbons (Fsp3) is 0.375. The molecule has 2 atom stereocenters. The quantitative estimate of drug-likeness (QED) is 0.809. The van der Waals surface area contributed by atoms with E-state index in [0.29, 0.717) is 30.2 Å². The van der Waals surface area contributed by atoms with Crippen LogP contribution in [0.2, 0.25) is 0 Å². The summed E-state index contributed by atoms with van der Waals surface area (Å²) in [5.74, 6) is -0.234. The van der Waals surface area contributed by atoms with Crippen LogP contribution in [0.3, 0.4) is 0 Å². The Labute approximate surface area is 124 Å². The van der Waals surface area contributed by atoms with Crippen LogP contribution in [0.15, 0.2) is 58.2 Å². The SMILES string of the molecule is C=N/C=C(F)\C(=N/C1CCOCC1C)C1=CC(=C)NC=C1. The first-order valence-corrected chi connectivity index (χ1v) is 6.93. The molecule has 0 aromatic carbocycles. The van der Waals surface area contributed by atoms with Crippen molar-refractivity contribution in [2.24, 2.45) is 15.9 Å². The number of rotatable bonds is 4. The summed E-state index contributed by atoms with van der Waals surface area (Å²) in [6.45, 7) is 10.5. The molecule has 0 spiro atoms. The molecular formula is C16H20FN3O. The van der Waals surface area contributed by atoms with E-state index < -0.39 is 5.83 Å². The third-order valence-corrected chi connectivity index (χ3v) is 3.46. The van der Waals surface area contributed by atoms with Gasteiger partial charge in [0.05, 0.1) is 18.8 Å². The zero-order chi connectivity index (χ0) is 15.2. The van der Waals surface area contributed by atoms with Crippen LogP contribution in [-0.4, -0.2) is 31.7 Å². The zero-order valence-corrected chi connectivity index (χ0v) is 12.2. The second kappa shape index (κ2) is 7.13. The van der Waals surface area contributed by atoms with Crippen molar-refractivity contribution in [1.82, 2.24) is 5.32 Å². The Morgan fingerprint density at radius 1 is 1.57 bits per heavy atom. The highest BCUT2D eigenvalue weighted by molar-refractivity contribution is 6.13. The summed E-state index contributed by atoms with van der Waals surface area (Å²) in [6.07, 6.45) is 7.13. The van der Waals surface area contributed by atoms with Gasteiger partial charge in [-0.2, -0.15) is 0 Å². The van der Waals surface area contributed by atoms with Gasteiger partial charge in [-0.1, -0.05) is 13.5 Å². The number of hydrogen-bond donors (Lipinski definition) is 1. The largest absolute Gasteiger partial charge is 0.381 e. The highest BCUT2D eigenvalue weighted by Gasteiger charge is 2.23. The first-order valence-electron chi connectivity index (χ1n) is 6.93. The van der Waals surface area contributed by atoms with E-state index in [0.717, 1.165) is 12.6 Å². The van der Waals surface area contributed by atoms with Gasteiger partial charge in [-0.25, -0.2) is 4.39 Å². The summed E-state index contributed by atoms with van der Waals surface area (Å²) in [4.78, 5) is 8.11. The number of ether oxygens (including phenoxy) is 1. The lowest BCUT2D eigenvalue weighted by molar-refractivity contribution is 0.0497. The molecule has 0 radical (unpaired) electrons. The monoisotopic (exact) mass is 289 g/mol. The predicted octanol–water partition coefficient (Wildman–Crippen LogP) is 2.92. The summed E-state index contributed by atoms with van der Waals surface area (Å²) in [5, 5.41) is 2.95. The average molecular weight is 289 g/mol. The fourth-order valence-corrected chi connectivity index (χ4v) is 2.31. The van der Waals surface area contributed by atoms with Crippen molar-refractivity contribution in [3.8, 4) is 0 Å². The van der Waals surface area contributed by atoms with E-state index in [1.807, 2.05) is 0 Å². The molecule has 1 N–H and O–H groups in total. The summed E-state index contributed by atoms with van der Waals surface area (Å²) in [7, 11) is 0. The fourth-order valence-electron chi connectivity index (χ4n) is 2.31. The van der Waals surface area contributed by atoms with Gasteiger partial charge in [0, 0.05) is 30.0 Å². The Balaban J connectivity index is 2.36. The Kier molecular flexibility index (Phi) is 5.22. The number of aliphatic imine (C=N–C) groups is 2. The number of nitrogens with one attached hydrogen (secondary N) is 1. The molecule has 0 aromatic heterocycles. The van der Waals surface area contributed by atoms with Crippen LogP contribution in [0.25, 0.3) is 0 Å². The van der Waals surface area contributed by atoms with Gasteiger partial charge in [-0.15, -0.1) is 0 Å². The maximum atomic E-state index is 14.3. The van der Waals surface area contributed by atoms with Gasteiger partial charge < -0.3 is 10.1 Å². The molecule has 2 heterocycles. The van der Waals surface area contributed by atoms with Crippen LogP contribution in [0.1, 0.15) is 13.3 Å². The Morgan fingerprint density at radius 2 is 2.38 bits per heavy atom. The first kappa shape index (κ1) is 15.4. The molecule has 0 amide bonds. The molecular weight excluding hydrogens is 269 g/mol. The number of dihydropyridines is 1. The lowest BCUT2D eigenvalue weighted by Gasteiger charge is -2.26. The van der Waals surface area contributed by atoms with Crippen LogP contribution in [-0.2, 0) is 4.74 Å². The van der Waals surface area contributed by atoms with Gasteiger partial charge in [0.25, 0.3) is 0 Å². The normalized spacial score (nSPS) is 27.1. The summed E-state index contributed by atoms with van der Waals surface area (Å²) in [6, 6.07) is 0.0372. The Hall–Kier alpha value is -2.01. The molecule has 1 saturated heterocycles. The maximum absolute atomic E-state index is 14.3. The predicted molar refractivity (Wildman–Crippen MR) is 84.1 cm³/mol. The van der Waals surface area contributed by atoms with E-state index in [9.17, 15) is 4.39 Å². The lowest BCUT2D eigenvalue weighted by Crippen LogP contribution is -2.29. The molecule has 0 bridgehead atoms. The zero-order valence-electron chi connectivity index (χ0n) is 12.2. The summed E-state index contributed by atoms with van der Waals surface area (Å²) >= 11 is 0. The highest BCUT2D eigenvalue weighted by Crippen LogP contribution is 2.22. The summed E-state index contributed by atoms with van der Waals surface area (Å²) in [5.41, 5.74) is 1.66. The second-order valence-electron chi connectivity index (χ2n) is 5.15. The van der Waals surface area contributed by atoms with Crippen molar-refractivity contribution in [2.75, 3.05) is 13.2 Å². The Bertz CT molecular complexity index is 546.